The fraction of sp³-hybridized carbons (Fsp3) is 0.364. The molecule has 146 valence electrons. The highest BCUT2D eigenvalue weighted by atomic mass is 16.5. The van der Waals surface area contributed by atoms with Crippen LogP contribution in [-0.2, 0) is 0 Å². The molecule has 4 heterocycles. The molecule has 5 rings (SSSR count). The molecular formula is C22H22N6O. The third kappa shape index (κ3) is 3.26. The summed E-state index contributed by atoms with van der Waals surface area (Å²) in [4.78, 5) is 16.8. The molecular weight excluding hydrogens is 364 g/mol. The van der Waals surface area contributed by atoms with Crippen molar-refractivity contribution in [2.45, 2.75) is 31.8 Å². The molecule has 7 nitrogen and oxygen atoms in total. The van der Waals surface area contributed by atoms with Crippen molar-refractivity contribution in [3.05, 3.63) is 65.4 Å². The summed E-state index contributed by atoms with van der Waals surface area (Å²) in [7, 11) is 0. The number of piperazine rings is 1. The van der Waals surface area contributed by atoms with E-state index in [9.17, 15) is 0 Å². The maximum absolute atomic E-state index is 7.35. The zero-order valence-electron chi connectivity index (χ0n) is 16.3. The van der Waals surface area contributed by atoms with E-state index in [1.54, 1.807) is 12.4 Å². The molecule has 2 aliphatic heterocycles. The van der Waals surface area contributed by atoms with Gasteiger partial charge in [-0.3, -0.25) is 4.90 Å². The van der Waals surface area contributed by atoms with Crippen LogP contribution < -0.4 is 4.90 Å². The van der Waals surface area contributed by atoms with Gasteiger partial charge in [0.1, 0.15) is 11.9 Å². The predicted molar refractivity (Wildman–Crippen MR) is 110 cm³/mol. The molecule has 0 spiro atoms. The summed E-state index contributed by atoms with van der Waals surface area (Å²) in [6.07, 6.45) is 5.40. The van der Waals surface area contributed by atoms with Gasteiger partial charge in [0.25, 0.3) is 0 Å². The standard InChI is InChI=1S/C22H22N6O/c1-15-4-3-5-16(12-15)20-13-18(26-29-20)19-7-6-17-14-27(10-11-28(17)19)22-21(23-2)24-8-9-25-22/h3-5,8-9,12-13,17,19H,6-7,10-11,14H2,1H3/t17-,19+/m0/s1. The summed E-state index contributed by atoms with van der Waals surface area (Å²) in [5.74, 6) is 1.91. The maximum atomic E-state index is 7.35. The second kappa shape index (κ2) is 7.30. The van der Waals surface area contributed by atoms with Gasteiger partial charge < -0.3 is 14.3 Å². The van der Waals surface area contributed by atoms with Crippen molar-refractivity contribution in [3.8, 4) is 11.3 Å². The average molecular weight is 386 g/mol. The molecule has 0 bridgehead atoms. The van der Waals surface area contributed by atoms with E-state index in [1.165, 1.54) is 5.56 Å². The largest absolute Gasteiger partial charge is 0.361 e. The third-order valence-electron chi connectivity index (χ3n) is 5.94. The van der Waals surface area contributed by atoms with Gasteiger partial charge in [-0.15, -0.1) is 4.98 Å². The van der Waals surface area contributed by atoms with Gasteiger partial charge in [-0.2, -0.15) is 0 Å². The number of nitrogens with zero attached hydrogens (tertiary/aromatic N) is 6. The van der Waals surface area contributed by atoms with E-state index in [4.69, 9.17) is 11.1 Å². The Hall–Kier alpha value is -3.24. The van der Waals surface area contributed by atoms with Crippen LogP contribution in [0.2, 0.25) is 0 Å². The monoisotopic (exact) mass is 386 g/mol. The molecule has 2 saturated heterocycles. The second-order valence-electron chi connectivity index (χ2n) is 7.73. The van der Waals surface area contributed by atoms with Crippen LogP contribution in [-0.4, -0.2) is 45.7 Å². The number of hydrogen-bond acceptors (Lipinski definition) is 6. The van der Waals surface area contributed by atoms with E-state index in [0.717, 1.165) is 49.5 Å². The molecule has 0 saturated carbocycles. The fourth-order valence-corrected chi connectivity index (χ4v) is 4.57. The molecule has 0 N–H and O–H groups in total. The Labute approximate surface area is 169 Å². The molecule has 2 aliphatic rings. The normalized spacial score (nSPS) is 21.7. The van der Waals surface area contributed by atoms with Crippen LogP contribution >= 0.6 is 0 Å². The molecule has 0 unspecified atom stereocenters. The lowest BCUT2D eigenvalue weighted by Crippen LogP contribution is -2.51. The van der Waals surface area contributed by atoms with E-state index in [2.05, 4.69) is 61.0 Å². The van der Waals surface area contributed by atoms with Crippen LogP contribution in [0.4, 0.5) is 11.6 Å². The van der Waals surface area contributed by atoms with Gasteiger partial charge >= 0.3 is 5.82 Å². The summed E-state index contributed by atoms with van der Waals surface area (Å²) < 4.78 is 5.68. The number of rotatable bonds is 3. The van der Waals surface area contributed by atoms with Crippen LogP contribution in [0, 0.1) is 13.5 Å². The summed E-state index contributed by atoms with van der Waals surface area (Å²) in [5.41, 5.74) is 3.29. The number of aryl methyl sites for hydroxylation is 1. The van der Waals surface area contributed by atoms with Crippen molar-refractivity contribution in [3.63, 3.8) is 0 Å². The van der Waals surface area contributed by atoms with E-state index in [0.29, 0.717) is 17.7 Å². The predicted octanol–water partition coefficient (Wildman–Crippen LogP) is 4.02. The van der Waals surface area contributed by atoms with Crippen molar-refractivity contribution in [2.24, 2.45) is 0 Å². The molecule has 0 radical (unpaired) electrons. The first-order chi connectivity index (χ1) is 14.2. The zero-order chi connectivity index (χ0) is 19.8. The van der Waals surface area contributed by atoms with Gasteiger partial charge in [0, 0.05) is 37.3 Å². The van der Waals surface area contributed by atoms with E-state index >= 15 is 0 Å². The fourth-order valence-electron chi connectivity index (χ4n) is 4.57. The maximum Gasteiger partial charge on any atom is 0.312 e. The average Bonchev–Trinajstić information content (AvgIpc) is 3.40. The van der Waals surface area contributed by atoms with Crippen LogP contribution in [0.5, 0.6) is 0 Å². The van der Waals surface area contributed by atoms with Crippen LogP contribution in [0.3, 0.4) is 0 Å². The summed E-state index contributed by atoms with van der Waals surface area (Å²) >= 11 is 0. The van der Waals surface area contributed by atoms with Crippen LogP contribution in [0.15, 0.2) is 47.2 Å². The van der Waals surface area contributed by atoms with Gasteiger partial charge in [-0.25, -0.2) is 4.98 Å². The number of anilines is 1. The lowest BCUT2D eigenvalue weighted by atomic mass is 10.1. The Morgan fingerprint density at radius 2 is 2.03 bits per heavy atom. The first-order valence-corrected chi connectivity index (χ1v) is 9.96. The highest BCUT2D eigenvalue weighted by Crippen LogP contribution is 2.39. The molecule has 2 aromatic heterocycles. The molecule has 7 heteroatoms. The Morgan fingerprint density at radius 1 is 1.14 bits per heavy atom. The Bertz CT molecular complexity index is 1070. The van der Waals surface area contributed by atoms with Crippen molar-refractivity contribution >= 4 is 11.6 Å². The van der Waals surface area contributed by atoms with Crippen LogP contribution in [0.25, 0.3) is 16.2 Å². The molecule has 2 atom stereocenters. The Kier molecular flexibility index (Phi) is 4.49. The Morgan fingerprint density at radius 3 is 2.90 bits per heavy atom. The van der Waals surface area contributed by atoms with Crippen molar-refractivity contribution < 1.29 is 4.52 Å². The molecule has 2 fully saturated rings. The second-order valence-corrected chi connectivity index (χ2v) is 7.73. The Balaban J connectivity index is 1.33. The lowest BCUT2D eigenvalue weighted by Gasteiger charge is -2.40. The SMILES string of the molecule is [C-]#[N+]c1nccnc1N1CCN2[C@@H](CC[C@@H]2c2cc(-c3cccc(C)c3)on2)C1. The zero-order valence-corrected chi connectivity index (χ0v) is 16.3. The summed E-state index contributed by atoms with van der Waals surface area (Å²) in [6.45, 7) is 12.0. The first kappa shape index (κ1) is 17.8. The quantitative estimate of drug-likeness (QED) is 0.634. The number of benzene rings is 1. The van der Waals surface area contributed by atoms with Gasteiger partial charge in [0.15, 0.2) is 11.6 Å². The van der Waals surface area contributed by atoms with Gasteiger partial charge in [-0.05, 0) is 25.8 Å². The summed E-state index contributed by atoms with van der Waals surface area (Å²) in [6, 6.07) is 11.1. The van der Waals surface area contributed by atoms with Crippen LogP contribution in [0.1, 0.15) is 30.1 Å². The molecule has 1 aromatic carbocycles. The molecule has 29 heavy (non-hydrogen) atoms. The number of fused-ring (bicyclic) bond motifs is 1. The highest BCUT2D eigenvalue weighted by Gasteiger charge is 2.40. The third-order valence-corrected chi connectivity index (χ3v) is 5.94. The first-order valence-electron chi connectivity index (χ1n) is 9.96. The van der Waals surface area contributed by atoms with Gasteiger partial charge in [0.05, 0.1) is 12.2 Å². The van der Waals surface area contributed by atoms with E-state index in [1.807, 2.05) is 6.07 Å². The minimum atomic E-state index is 0.284. The lowest BCUT2D eigenvalue weighted by molar-refractivity contribution is 0.170. The molecule has 3 aromatic rings. The van der Waals surface area contributed by atoms with Crippen molar-refractivity contribution in [1.82, 2.24) is 20.0 Å². The smallest absolute Gasteiger partial charge is 0.312 e. The molecule has 0 amide bonds. The van der Waals surface area contributed by atoms with E-state index in [-0.39, 0.29) is 6.04 Å². The van der Waals surface area contributed by atoms with Gasteiger partial charge in [0.2, 0.25) is 0 Å². The highest BCUT2D eigenvalue weighted by molar-refractivity contribution is 5.61. The number of hydrogen-bond donors (Lipinski definition) is 0. The minimum absolute atomic E-state index is 0.284. The van der Waals surface area contributed by atoms with Crippen molar-refractivity contribution in [1.29, 1.82) is 0 Å². The molecule has 0 aliphatic carbocycles. The van der Waals surface area contributed by atoms with Gasteiger partial charge in [-0.1, -0.05) is 35.5 Å². The summed E-state index contributed by atoms with van der Waals surface area (Å²) in [5, 5.41) is 4.41. The van der Waals surface area contributed by atoms with E-state index < -0.39 is 0 Å². The number of aromatic nitrogens is 3. The van der Waals surface area contributed by atoms with Crippen molar-refractivity contribution in [2.75, 3.05) is 24.5 Å². The topological polar surface area (TPSA) is 62.7 Å². The minimum Gasteiger partial charge on any atom is -0.361 e.